The van der Waals surface area contributed by atoms with Gasteiger partial charge in [-0.1, -0.05) is 43.9 Å². The molecule has 5 nitrogen and oxygen atoms in total. The van der Waals surface area contributed by atoms with Crippen molar-refractivity contribution in [1.82, 2.24) is 14.8 Å². The first-order valence-electron chi connectivity index (χ1n) is 12.7. The number of pyridine rings is 1. The van der Waals surface area contributed by atoms with Gasteiger partial charge in [-0.25, -0.2) is 4.79 Å². The average molecular weight is 553 g/mol. The van der Waals surface area contributed by atoms with Crippen LogP contribution < -0.4 is 5.73 Å². The molecular formula is C28H30F6N4O. The van der Waals surface area contributed by atoms with E-state index in [1.54, 1.807) is 13.2 Å². The van der Waals surface area contributed by atoms with Gasteiger partial charge >= 0.3 is 18.4 Å². The number of primary amides is 1. The van der Waals surface area contributed by atoms with Crippen LogP contribution in [0.25, 0.3) is 10.9 Å². The lowest BCUT2D eigenvalue weighted by molar-refractivity contribution is -0.143. The number of halogens is 6. The fraction of sp³-hybridized carbons (Fsp3) is 0.429. The lowest BCUT2D eigenvalue weighted by Gasteiger charge is -2.38. The minimum Gasteiger partial charge on any atom is -0.351 e. The van der Waals surface area contributed by atoms with Crippen LogP contribution in [0.2, 0.25) is 0 Å². The summed E-state index contributed by atoms with van der Waals surface area (Å²) in [6, 6.07) is 9.43. The maximum Gasteiger partial charge on any atom is 0.416 e. The molecule has 0 saturated heterocycles. The number of fused-ring (bicyclic) bond motifs is 1. The Labute approximate surface area is 222 Å². The molecule has 1 heterocycles. The summed E-state index contributed by atoms with van der Waals surface area (Å²) in [6.45, 7) is -0.0179. The first kappa shape index (κ1) is 28.7. The number of amides is 2. The molecule has 1 aliphatic rings. The van der Waals surface area contributed by atoms with E-state index in [1.807, 2.05) is 35.2 Å². The zero-order valence-electron chi connectivity index (χ0n) is 21.4. The summed E-state index contributed by atoms with van der Waals surface area (Å²) in [4.78, 5) is 20.2. The van der Waals surface area contributed by atoms with E-state index in [2.05, 4.69) is 4.98 Å². The number of hydrogen-bond acceptors (Lipinski definition) is 3. The summed E-state index contributed by atoms with van der Waals surface area (Å²) in [7, 11) is 1.76. The maximum absolute atomic E-state index is 13.5. The molecule has 0 bridgehead atoms. The van der Waals surface area contributed by atoms with Crippen LogP contribution in [0.1, 0.15) is 60.5 Å². The molecule has 39 heavy (non-hydrogen) atoms. The van der Waals surface area contributed by atoms with Gasteiger partial charge in [-0.05, 0) is 55.3 Å². The predicted octanol–water partition coefficient (Wildman–Crippen LogP) is 7.36. The molecule has 4 rings (SSSR count). The summed E-state index contributed by atoms with van der Waals surface area (Å²) < 4.78 is 80.9. The quantitative estimate of drug-likeness (QED) is 0.235. The Bertz CT molecular complexity index is 1270. The number of carbonyl (C=O) groups excluding carboxylic acids is 1. The van der Waals surface area contributed by atoms with Crippen molar-refractivity contribution in [1.29, 1.82) is 0 Å². The smallest absolute Gasteiger partial charge is 0.351 e. The van der Waals surface area contributed by atoms with Crippen molar-refractivity contribution < 1.29 is 31.1 Å². The molecule has 1 aliphatic carbocycles. The largest absolute Gasteiger partial charge is 0.416 e. The van der Waals surface area contributed by atoms with Crippen LogP contribution >= 0.6 is 0 Å². The van der Waals surface area contributed by atoms with Gasteiger partial charge in [0.25, 0.3) is 0 Å². The number of hydrogen-bond donors (Lipinski definition) is 1. The van der Waals surface area contributed by atoms with Crippen LogP contribution in [-0.2, 0) is 18.9 Å². The van der Waals surface area contributed by atoms with Crippen molar-refractivity contribution in [2.45, 2.75) is 57.2 Å². The molecular weight excluding hydrogens is 522 g/mol. The fourth-order valence-corrected chi connectivity index (χ4v) is 5.30. The molecule has 2 amide bonds. The molecule has 1 unspecified atom stereocenters. The summed E-state index contributed by atoms with van der Waals surface area (Å²) in [6.07, 6.45) is -4.00. The summed E-state index contributed by atoms with van der Waals surface area (Å²) in [5, 5.41) is 0.770. The average Bonchev–Trinajstić information content (AvgIpc) is 3.39. The Kier molecular flexibility index (Phi) is 8.39. The molecule has 3 aromatic rings. The van der Waals surface area contributed by atoms with E-state index < -0.39 is 42.2 Å². The van der Waals surface area contributed by atoms with Crippen molar-refractivity contribution in [2.24, 2.45) is 11.7 Å². The van der Waals surface area contributed by atoms with Gasteiger partial charge in [0, 0.05) is 30.2 Å². The lowest BCUT2D eigenvalue weighted by atomic mass is 10.0. The Balaban J connectivity index is 1.75. The monoisotopic (exact) mass is 552 g/mol. The molecule has 1 fully saturated rings. The van der Waals surface area contributed by atoms with E-state index in [0.29, 0.717) is 35.7 Å². The molecule has 1 aromatic heterocycles. The third-order valence-electron chi connectivity index (χ3n) is 7.27. The summed E-state index contributed by atoms with van der Waals surface area (Å²) >= 11 is 0. The zero-order chi connectivity index (χ0) is 28.4. The standard InChI is InChI=1S/C28H30F6N4O/c1-37(11-10-18-6-2-3-7-18)25(21-14-20-8-4-5-9-24(20)36-16-21)38(26(35)39)17-19-12-22(27(29,30)31)15-23(13-19)28(32,33)34/h4-5,8-9,12-16,18,25H,2-3,6-7,10-11,17H2,1H3,(H2,35,39). The second kappa shape index (κ2) is 11.4. The Hall–Kier alpha value is -3.34. The van der Waals surface area contributed by atoms with Crippen molar-refractivity contribution >= 4 is 16.9 Å². The van der Waals surface area contributed by atoms with Crippen LogP contribution in [0, 0.1) is 5.92 Å². The highest BCUT2D eigenvalue weighted by atomic mass is 19.4. The molecule has 1 atom stereocenters. The first-order valence-corrected chi connectivity index (χ1v) is 12.7. The van der Waals surface area contributed by atoms with Crippen LogP contribution in [0.4, 0.5) is 31.1 Å². The molecule has 11 heteroatoms. The highest BCUT2D eigenvalue weighted by molar-refractivity contribution is 5.79. The molecule has 2 aromatic carbocycles. The van der Waals surface area contributed by atoms with Crippen molar-refractivity contribution in [3.8, 4) is 0 Å². The van der Waals surface area contributed by atoms with Crippen LogP contribution in [0.15, 0.2) is 54.7 Å². The van der Waals surface area contributed by atoms with E-state index in [9.17, 15) is 31.1 Å². The highest BCUT2D eigenvalue weighted by Crippen LogP contribution is 2.38. The minimum atomic E-state index is -5.01. The van der Waals surface area contributed by atoms with E-state index in [0.717, 1.165) is 42.4 Å². The number of urea groups is 1. The van der Waals surface area contributed by atoms with Gasteiger partial charge < -0.3 is 10.6 Å². The third-order valence-corrected chi connectivity index (χ3v) is 7.27. The SMILES string of the molecule is CN(CCC1CCCC1)C(c1cnc2ccccc2c1)N(Cc1cc(C(F)(F)F)cc(C(F)(F)F)c1)C(N)=O. The van der Waals surface area contributed by atoms with Crippen molar-refractivity contribution in [3.63, 3.8) is 0 Å². The maximum atomic E-state index is 13.5. The normalized spacial score (nSPS) is 15.7. The number of aromatic nitrogens is 1. The highest BCUT2D eigenvalue weighted by Gasteiger charge is 2.38. The minimum absolute atomic E-state index is 0.0660. The topological polar surface area (TPSA) is 62.5 Å². The van der Waals surface area contributed by atoms with E-state index in [-0.39, 0.29) is 11.6 Å². The third kappa shape index (κ3) is 7.00. The van der Waals surface area contributed by atoms with E-state index in [1.165, 1.54) is 0 Å². The number of nitrogens with zero attached hydrogens (tertiary/aromatic N) is 3. The number of carbonyl (C=O) groups is 1. The van der Waals surface area contributed by atoms with Crippen molar-refractivity contribution in [2.75, 3.05) is 13.6 Å². The Morgan fingerprint density at radius 2 is 1.62 bits per heavy atom. The van der Waals surface area contributed by atoms with Crippen LogP contribution in [0.5, 0.6) is 0 Å². The molecule has 0 radical (unpaired) electrons. The number of alkyl halides is 6. The molecule has 0 aliphatic heterocycles. The van der Waals surface area contributed by atoms with Gasteiger partial charge in [0.1, 0.15) is 6.17 Å². The summed E-state index contributed by atoms with van der Waals surface area (Å²) in [5.41, 5.74) is 3.75. The molecule has 0 spiro atoms. The van der Waals surface area contributed by atoms with Gasteiger partial charge in [-0.2, -0.15) is 26.3 Å². The van der Waals surface area contributed by atoms with Gasteiger partial charge in [0.2, 0.25) is 0 Å². The number of rotatable bonds is 8. The van der Waals surface area contributed by atoms with Crippen molar-refractivity contribution in [3.05, 3.63) is 77.0 Å². The second-order valence-corrected chi connectivity index (χ2v) is 10.1. The van der Waals surface area contributed by atoms with Gasteiger partial charge in [0.15, 0.2) is 0 Å². The molecule has 210 valence electrons. The Morgan fingerprint density at radius 1 is 1.00 bits per heavy atom. The Morgan fingerprint density at radius 3 is 2.21 bits per heavy atom. The van der Waals surface area contributed by atoms with Crippen LogP contribution in [-0.4, -0.2) is 34.4 Å². The first-order chi connectivity index (χ1) is 18.3. The lowest BCUT2D eigenvalue weighted by Crippen LogP contribution is -2.45. The predicted molar refractivity (Wildman–Crippen MR) is 135 cm³/mol. The fourth-order valence-electron chi connectivity index (χ4n) is 5.30. The number of para-hydroxylation sites is 1. The van der Waals surface area contributed by atoms with Gasteiger partial charge in [-0.3, -0.25) is 9.88 Å². The zero-order valence-corrected chi connectivity index (χ0v) is 21.4. The number of benzene rings is 2. The van der Waals surface area contributed by atoms with Crippen LogP contribution in [0.3, 0.4) is 0 Å². The van der Waals surface area contributed by atoms with Gasteiger partial charge in [0.05, 0.1) is 16.6 Å². The molecule has 2 N–H and O–H groups in total. The van der Waals surface area contributed by atoms with Gasteiger partial charge in [-0.15, -0.1) is 0 Å². The molecule has 1 saturated carbocycles. The van der Waals surface area contributed by atoms with E-state index in [4.69, 9.17) is 5.73 Å². The second-order valence-electron chi connectivity index (χ2n) is 10.1. The summed E-state index contributed by atoms with van der Waals surface area (Å²) in [5.74, 6) is 0.516. The van der Waals surface area contributed by atoms with E-state index >= 15 is 0 Å². The number of nitrogens with two attached hydrogens (primary N) is 1.